The minimum atomic E-state index is 0.624. The molecule has 0 spiro atoms. The molecule has 1 nitrogen and oxygen atoms in total. The van der Waals surface area contributed by atoms with Crippen molar-refractivity contribution in [3.05, 3.63) is 0 Å². The van der Waals surface area contributed by atoms with E-state index < -0.39 is 0 Å². The lowest BCUT2D eigenvalue weighted by molar-refractivity contribution is 0.191. The Labute approximate surface area is 91.2 Å². The van der Waals surface area contributed by atoms with Crippen LogP contribution < -0.4 is 0 Å². The van der Waals surface area contributed by atoms with Crippen molar-refractivity contribution in [2.45, 2.75) is 32.1 Å². The van der Waals surface area contributed by atoms with E-state index in [1.165, 1.54) is 12.3 Å². The fourth-order valence-corrected chi connectivity index (χ4v) is 2.96. The van der Waals surface area contributed by atoms with Crippen molar-refractivity contribution in [1.29, 1.82) is 0 Å². The van der Waals surface area contributed by atoms with Crippen molar-refractivity contribution >= 4 is 23.4 Å². The van der Waals surface area contributed by atoms with Crippen molar-refractivity contribution in [2.24, 2.45) is 5.92 Å². The molecule has 0 amide bonds. The SMILES string of the molecule is CC(CCl)CN1CCSC(C)C1C. The number of hydrogen-bond donors (Lipinski definition) is 0. The van der Waals surface area contributed by atoms with Gasteiger partial charge >= 0.3 is 0 Å². The monoisotopic (exact) mass is 221 g/mol. The summed E-state index contributed by atoms with van der Waals surface area (Å²) in [5.41, 5.74) is 0. The highest BCUT2D eigenvalue weighted by atomic mass is 35.5. The smallest absolute Gasteiger partial charge is 0.0261 e. The van der Waals surface area contributed by atoms with Gasteiger partial charge in [-0.25, -0.2) is 0 Å². The lowest BCUT2D eigenvalue weighted by Gasteiger charge is -2.38. The molecular formula is C10H20ClNS. The molecule has 0 radical (unpaired) electrons. The summed E-state index contributed by atoms with van der Waals surface area (Å²) >= 11 is 7.91. The maximum atomic E-state index is 5.82. The zero-order valence-corrected chi connectivity index (χ0v) is 10.4. The molecule has 1 aliphatic rings. The van der Waals surface area contributed by atoms with Gasteiger partial charge < -0.3 is 0 Å². The molecule has 13 heavy (non-hydrogen) atoms. The molecular weight excluding hydrogens is 202 g/mol. The maximum Gasteiger partial charge on any atom is 0.0261 e. The number of nitrogens with zero attached hydrogens (tertiary/aromatic N) is 1. The van der Waals surface area contributed by atoms with Crippen LogP contribution in [0.5, 0.6) is 0 Å². The number of hydrogen-bond acceptors (Lipinski definition) is 2. The van der Waals surface area contributed by atoms with Crippen molar-refractivity contribution < 1.29 is 0 Å². The van der Waals surface area contributed by atoms with Gasteiger partial charge in [-0.3, -0.25) is 4.90 Å². The van der Waals surface area contributed by atoms with Gasteiger partial charge in [0.25, 0.3) is 0 Å². The van der Waals surface area contributed by atoms with Crippen LogP contribution in [0, 0.1) is 5.92 Å². The van der Waals surface area contributed by atoms with Crippen molar-refractivity contribution in [3.8, 4) is 0 Å². The Hall–Kier alpha value is 0.600. The molecule has 3 atom stereocenters. The van der Waals surface area contributed by atoms with Gasteiger partial charge in [-0.2, -0.15) is 11.8 Å². The standard InChI is InChI=1S/C10H20ClNS/c1-8(6-11)7-12-4-5-13-10(3)9(12)2/h8-10H,4-7H2,1-3H3. The molecule has 1 saturated heterocycles. The molecule has 0 aromatic heterocycles. The first kappa shape index (κ1) is 11.7. The van der Waals surface area contributed by atoms with E-state index in [1.54, 1.807) is 0 Å². The fraction of sp³-hybridized carbons (Fsp3) is 1.00. The third kappa shape index (κ3) is 3.34. The third-order valence-electron chi connectivity index (χ3n) is 2.82. The van der Waals surface area contributed by atoms with E-state index in [0.29, 0.717) is 12.0 Å². The summed E-state index contributed by atoms with van der Waals surface area (Å²) in [6.45, 7) is 9.28. The molecule has 1 rings (SSSR count). The summed E-state index contributed by atoms with van der Waals surface area (Å²) in [7, 11) is 0. The van der Waals surface area contributed by atoms with Crippen LogP contribution in [0.2, 0.25) is 0 Å². The summed E-state index contributed by atoms with van der Waals surface area (Å²) in [4.78, 5) is 2.58. The second-order valence-electron chi connectivity index (χ2n) is 4.07. The predicted molar refractivity (Wildman–Crippen MR) is 62.8 cm³/mol. The topological polar surface area (TPSA) is 3.24 Å². The summed E-state index contributed by atoms with van der Waals surface area (Å²) < 4.78 is 0. The lowest BCUT2D eigenvalue weighted by atomic mass is 10.1. The molecule has 0 aromatic rings. The van der Waals surface area contributed by atoms with Gasteiger partial charge in [-0.15, -0.1) is 11.6 Å². The molecule has 1 aliphatic heterocycles. The van der Waals surface area contributed by atoms with Crippen LogP contribution in [0.15, 0.2) is 0 Å². The number of halogens is 1. The number of rotatable bonds is 3. The lowest BCUT2D eigenvalue weighted by Crippen LogP contribution is -2.46. The summed E-state index contributed by atoms with van der Waals surface area (Å²) in [6.07, 6.45) is 0. The van der Waals surface area contributed by atoms with Gasteiger partial charge in [0.15, 0.2) is 0 Å². The zero-order valence-electron chi connectivity index (χ0n) is 8.79. The second kappa shape index (κ2) is 5.47. The van der Waals surface area contributed by atoms with Gasteiger partial charge in [-0.05, 0) is 12.8 Å². The molecule has 3 unspecified atom stereocenters. The van der Waals surface area contributed by atoms with Crippen LogP contribution in [0.4, 0.5) is 0 Å². The molecule has 3 heteroatoms. The van der Waals surface area contributed by atoms with Crippen LogP contribution in [0.25, 0.3) is 0 Å². The Morgan fingerprint density at radius 2 is 2.23 bits per heavy atom. The average Bonchev–Trinajstić information content (AvgIpc) is 2.13. The van der Waals surface area contributed by atoms with Gasteiger partial charge in [0, 0.05) is 36.0 Å². The average molecular weight is 222 g/mol. The van der Waals surface area contributed by atoms with Gasteiger partial charge in [0.2, 0.25) is 0 Å². The number of thioether (sulfide) groups is 1. The van der Waals surface area contributed by atoms with Crippen LogP contribution in [0.1, 0.15) is 20.8 Å². The van der Waals surface area contributed by atoms with Crippen LogP contribution >= 0.6 is 23.4 Å². The molecule has 0 N–H and O–H groups in total. The van der Waals surface area contributed by atoms with Gasteiger partial charge in [-0.1, -0.05) is 13.8 Å². The van der Waals surface area contributed by atoms with E-state index in [0.717, 1.165) is 17.7 Å². The summed E-state index contributed by atoms with van der Waals surface area (Å²) in [5, 5.41) is 0.774. The Morgan fingerprint density at radius 1 is 1.54 bits per heavy atom. The molecule has 78 valence electrons. The van der Waals surface area contributed by atoms with E-state index in [2.05, 4.69) is 37.4 Å². The Balaban J connectivity index is 2.39. The van der Waals surface area contributed by atoms with E-state index in [4.69, 9.17) is 11.6 Å². The predicted octanol–water partition coefficient (Wildman–Crippen LogP) is 2.69. The highest BCUT2D eigenvalue weighted by Crippen LogP contribution is 2.24. The highest BCUT2D eigenvalue weighted by molar-refractivity contribution is 8.00. The molecule has 1 heterocycles. The van der Waals surface area contributed by atoms with E-state index in [9.17, 15) is 0 Å². The normalized spacial score (nSPS) is 33.2. The minimum Gasteiger partial charge on any atom is -0.298 e. The van der Waals surface area contributed by atoms with Crippen molar-refractivity contribution in [1.82, 2.24) is 4.90 Å². The zero-order chi connectivity index (χ0) is 9.84. The van der Waals surface area contributed by atoms with Gasteiger partial charge in [0.05, 0.1) is 0 Å². The van der Waals surface area contributed by atoms with Crippen LogP contribution in [0.3, 0.4) is 0 Å². The van der Waals surface area contributed by atoms with E-state index >= 15 is 0 Å². The Kier molecular flexibility index (Phi) is 4.91. The highest BCUT2D eigenvalue weighted by Gasteiger charge is 2.25. The molecule has 0 aliphatic carbocycles. The van der Waals surface area contributed by atoms with Gasteiger partial charge in [0.1, 0.15) is 0 Å². The first-order chi connectivity index (χ1) is 6.15. The second-order valence-corrected chi connectivity index (χ2v) is 5.86. The fourth-order valence-electron chi connectivity index (χ4n) is 1.70. The quantitative estimate of drug-likeness (QED) is 0.675. The summed E-state index contributed by atoms with van der Waals surface area (Å²) in [5.74, 6) is 2.69. The Morgan fingerprint density at radius 3 is 2.85 bits per heavy atom. The molecule has 0 aromatic carbocycles. The van der Waals surface area contributed by atoms with Crippen molar-refractivity contribution in [2.75, 3.05) is 24.7 Å². The maximum absolute atomic E-state index is 5.82. The Bertz CT molecular complexity index is 154. The number of alkyl halides is 1. The summed E-state index contributed by atoms with van der Waals surface area (Å²) in [6, 6.07) is 0.712. The molecule has 0 saturated carbocycles. The molecule has 0 bridgehead atoms. The van der Waals surface area contributed by atoms with E-state index in [-0.39, 0.29) is 0 Å². The van der Waals surface area contributed by atoms with Crippen molar-refractivity contribution in [3.63, 3.8) is 0 Å². The first-order valence-electron chi connectivity index (χ1n) is 5.06. The van der Waals surface area contributed by atoms with Crippen LogP contribution in [-0.4, -0.2) is 40.9 Å². The minimum absolute atomic E-state index is 0.624. The largest absolute Gasteiger partial charge is 0.298 e. The third-order valence-corrected chi connectivity index (χ3v) is 4.69. The first-order valence-corrected chi connectivity index (χ1v) is 6.65. The molecule has 1 fully saturated rings. The van der Waals surface area contributed by atoms with Crippen LogP contribution in [-0.2, 0) is 0 Å². The van der Waals surface area contributed by atoms with E-state index in [1.807, 2.05) is 0 Å².